The van der Waals surface area contributed by atoms with Gasteiger partial charge < -0.3 is 10.4 Å². The second-order valence-corrected chi connectivity index (χ2v) is 6.05. The second kappa shape index (κ2) is 8.43. The number of hydrogen-bond acceptors (Lipinski definition) is 3. The Morgan fingerprint density at radius 3 is 2.53 bits per heavy atom. The third-order valence-corrected chi connectivity index (χ3v) is 2.67. The van der Waals surface area contributed by atoms with Gasteiger partial charge in [-0.25, -0.2) is 0 Å². The first-order chi connectivity index (χ1) is 6.95. The third kappa shape index (κ3) is 12.2. The molecule has 91 valence electrons. The van der Waals surface area contributed by atoms with Gasteiger partial charge in [-0.3, -0.25) is 0 Å². The van der Waals surface area contributed by atoms with Crippen LogP contribution in [0.2, 0.25) is 0 Å². The first-order valence-electron chi connectivity index (χ1n) is 5.71. The number of rotatable bonds is 8. The average molecular weight is 232 g/mol. The lowest BCUT2D eigenvalue weighted by Gasteiger charge is -2.19. The molecule has 0 fully saturated rings. The van der Waals surface area contributed by atoms with E-state index in [0.29, 0.717) is 5.41 Å². The van der Waals surface area contributed by atoms with Crippen LogP contribution in [0, 0.1) is 11.7 Å². The quantitative estimate of drug-likeness (QED) is 0.631. The fourth-order valence-electron chi connectivity index (χ4n) is 1.29. The maximum absolute atomic E-state index is 9.57. The molecule has 0 aliphatic rings. The summed E-state index contributed by atoms with van der Waals surface area (Å²) in [5.74, 6) is 0.955. The largest absolute Gasteiger partial charge is 0.393 e. The van der Waals surface area contributed by atoms with Gasteiger partial charge in [-0.05, 0) is 43.5 Å². The van der Waals surface area contributed by atoms with E-state index in [0.717, 1.165) is 38.1 Å². The highest BCUT2D eigenvalue weighted by Crippen LogP contribution is 2.10. The van der Waals surface area contributed by atoms with Crippen molar-refractivity contribution in [3.05, 3.63) is 6.26 Å². The van der Waals surface area contributed by atoms with Crippen molar-refractivity contribution in [2.75, 3.05) is 18.8 Å². The monoisotopic (exact) mass is 232 g/mol. The van der Waals surface area contributed by atoms with E-state index in [1.807, 2.05) is 0 Å². The zero-order valence-electron chi connectivity index (χ0n) is 10.4. The van der Waals surface area contributed by atoms with Gasteiger partial charge in [-0.2, -0.15) is 11.8 Å². The van der Waals surface area contributed by atoms with Crippen molar-refractivity contribution in [2.45, 2.75) is 46.1 Å². The number of nitrogens with one attached hydrogen (secondary N) is 1. The molecule has 0 aromatic carbocycles. The Kier molecular flexibility index (Phi) is 8.58. The molecular weight excluding hydrogens is 206 g/mol. The molecule has 0 spiro atoms. The van der Waals surface area contributed by atoms with E-state index in [1.54, 1.807) is 11.8 Å². The number of thioether (sulfide) groups is 1. The Balaban J connectivity index is 3.23. The van der Waals surface area contributed by atoms with E-state index >= 15 is 0 Å². The Morgan fingerprint density at radius 2 is 2.00 bits per heavy atom. The number of hydrogen-bond donors (Lipinski definition) is 2. The van der Waals surface area contributed by atoms with Gasteiger partial charge in [0.2, 0.25) is 0 Å². The molecule has 0 heterocycles. The van der Waals surface area contributed by atoms with Gasteiger partial charge in [0.1, 0.15) is 0 Å². The molecule has 0 bridgehead atoms. The van der Waals surface area contributed by atoms with E-state index in [9.17, 15) is 5.11 Å². The Labute approximate surface area is 99.2 Å². The Morgan fingerprint density at radius 1 is 1.33 bits per heavy atom. The van der Waals surface area contributed by atoms with Gasteiger partial charge >= 0.3 is 0 Å². The van der Waals surface area contributed by atoms with Crippen molar-refractivity contribution in [3.63, 3.8) is 0 Å². The highest BCUT2D eigenvalue weighted by atomic mass is 32.2. The van der Waals surface area contributed by atoms with Gasteiger partial charge in [0, 0.05) is 6.26 Å². The summed E-state index contributed by atoms with van der Waals surface area (Å²) in [5, 5.41) is 13.0. The molecule has 0 aliphatic heterocycles. The van der Waals surface area contributed by atoms with Crippen molar-refractivity contribution >= 4 is 11.8 Å². The van der Waals surface area contributed by atoms with Gasteiger partial charge in [0.25, 0.3) is 0 Å². The molecule has 0 aliphatic carbocycles. The summed E-state index contributed by atoms with van der Waals surface area (Å²) in [4.78, 5) is 0. The summed E-state index contributed by atoms with van der Waals surface area (Å²) < 4.78 is 0. The molecule has 0 saturated carbocycles. The van der Waals surface area contributed by atoms with Crippen LogP contribution in [0.3, 0.4) is 0 Å². The summed E-state index contributed by atoms with van der Waals surface area (Å²) in [6, 6.07) is 0. The molecule has 0 aromatic rings. The molecule has 0 saturated heterocycles. The van der Waals surface area contributed by atoms with E-state index in [4.69, 9.17) is 0 Å². The van der Waals surface area contributed by atoms with Crippen molar-refractivity contribution in [1.29, 1.82) is 0 Å². The maximum atomic E-state index is 9.57. The zero-order chi connectivity index (χ0) is 11.7. The minimum absolute atomic E-state index is 0.143. The molecular formula is C12H26NOS. The van der Waals surface area contributed by atoms with Crippen LogP contribution < -0.4 is 5.32 Å². The van der Waals surface area contributed by atoms with Crippen LogP contribution in [-0.4, -0.2) is 30.1 Å². The van der Waals surface area contributed by atoms with E-state index in [2.05, 4.69) is 32.3 Å². The first kappa shape index (κ1) is 15.3. The molecule has 1 atom stereocenters. The van der Waals surface area contributed by atoms with Gasteiger partial charge in [-0.15, -0.1) is 0 Å². The lowest BCUT2D eigenvalue weighted by Crippen LogP contribution is -2.28. The fourth-order valence-corrected chi connectivity index (χ4v) is 1.73. The van der Waals surface area contributed by atoms with Crippen LogP contribution in [-0.2, 0) is 0 Å². The van der Waals surface area contributed by atoms with Crippen LogP contribution in [0.5, 0.6) is 0 Å². The third-order valence-electron chi connectivity index (χ3n) is 2.14. The summed E-state index contributed by atoms with van der Waals surface area (Å²) >= 11 is 1.55. The smallest absolute Gasteiger partial charge is 0.0548 e. The summed E-state index contributed by atoms with van der Waals surface area (Å²) in [6.45, 7) is 8.71. The zero-order valence-corrected chi connectivity index (χ0v) is 11.2. The molecule has 15 heavy (non-hydrogen) atoms. The van der Waals surface area contributed by atoms with E-state index in [-0.39, 0.29) is 6.10 Å². The highest BCUT2D eigenvalue weighted by molar-refractivity contribution is 8.00. The molecule has 0 amide bonds. The minimum atomic E-state index is -0.143. The maximum Gasteiger partial charge on any atom is 0.0548 e. The lowest BCUT2D eigenvalue weighted by atomic mass is 9.97. The predicted octanol–water partition coefficient (Wildman–Crippen LogP) is 2.68. The number of aliphatic hydroxyl groups is 1. The molecule has 0 aromatic heterocycles. The second-order valence-electron chi connectivity index (χ2n) is 5.23. The van der Waals surface area contributed by atoms with Crippen LogP contribution in [0.15, 0.2) is 0 Å². The van der Waals surface area contributed by atoms with E-state index < -0.39 is 0 Å². The summed E-state index contributed by atoms with van der Waals surface area (Å²) in [6.07, 6.45) is 6.37. The van der Waals surface area contributed by atoms with E-state index in [1.165, 1.54) is 0 Å². The molecule has 0 rings (SSSR count). The van der Waals surface area contributed by atoms with Crippen LogP contribution in [0.25, 0.3) is 0 Å². The lowest BCUT2D eigenvalue weighted by molar-refractivity contribution is 0.158. The number of aliphatic hydroxyl groups excluding tert-OH is 1. The van der Waals surface area contributed by atoms with Gasteiger partial charge in [0.05, 0.1) is 6.10 Å². The normalized spacial score (nSPS) is 14.2. The highest BCUT2D eigenvalue weighted by Gasteiger charge is 2.08. The van der Waals surface area contributed by atoms with Crippen molar-refractivity contribution in [1.82, 2.24) is 5.32 Å². The van der Waals surface area contributed by atoms with Crippen LogP contribution in [0.4, 0.5) is 0 Å². The van der Waals surface area contributed by atoms with Crippen molar-refractivity contribution < 1.29 is 5.11 Å². The first-order valence-corrected chi connectivity index (χ1v) is 6.87. The molecule has 3 heteroatoms. The molecule has 2 N–H and O–H groups in total. The standard InChI is InChI=1S/C12H26NOS/c1-12(2,3)10-13-8-5-6-11(14)7-9-15-4/h11,13-14H,4-10H2,1-3H3/t11-/m1/s1. The van der Waals surface area contributed by atoms with Gasteiger partial charge in [0.15, 0.2) is 0 Å². The molecule has 2 nitrogen and oxygen atoms in total. The van der Waals surface area contributed by atoms with Crippen molar-refractivity contribution in [3.8, 4) is 0 Å². The summed E-state index contributed by atoms with van der Waals surface area (Å²) in [7, 11) is 0. The predicted molar refractivity (Wildman–Crippen MR) is 70.0 cm³/mol. The minimum Gasteiger partial charge on any atom is -0.393 e. The van der Waals surface area contributed by atoms with Crippen LogP contribution in [0.1, 0.15) is 40.0 Å². The SMILES string of the molecule is [CH2]SCC[C@H](O)CCCNCC(C)(C)C. The molecule has 0 unspecified atom stereocenters. The Hall–Kier alpha value is 0.270. The van der Waals surface area contributed by atoms with Crippen molar-refractivity contribution in [2.24, 2.45) is 5.41 Å². The molecule has 1 radical (unpaired) electrons. The topological polar surface area (TPSA) is 32.3 Å². The summed E-state index contributed by atoms with van der Waals surface area (Å²) in [5.41, 5.74) is 0.350. The van der Waals surface area contributed by atoms with Gasteiger partial charge in [-0.1, -0.05) is 20.8 Å². The Bertz CT molecular complexity index is 145. The average Bonchev–Trinajstić information content (AvgIpc) is 2.12. The van der Waals surface area contributed by atoms with Crippen LogP contribution >= 0.6 is 11.8 Å². The fraction of sp³-hybridized carbons (Fsp3) is 0.917.